The van der Waals surface area contributed by atoms with Crippen molar-refractivity contribution in [3.63, 3.8) is 0 Å². The van der Waals surface area contributed by atoms with Crippen LogP contribution in [0.4, 0.5) is 0 Å². The highest BCUT2D eigenvalue weighted by atomic mass is 15.1. The fourth-order valence-corrected chi connectivity index (χ4v) is 0.314. The highest BCUT2D eigenvalue weighted by Crippen LogP contribution is 1.77. The molecule has 0 amide bonds. The molecular formula is C4H5N3. The molecule has 0 spiro atoms. The van der Waals surface area contributed by atoms with Crippen molar-refractivity contribution in [1.82, 2.24) is 15.2 Å². The van der Waals surface area contributed by atoms with Gasteiger partial charge in [0, 0.05) is 0 Å². The smallest absolute Gasteiger partial charge is 0.138 e. The minimum absolute atomic E-state index is 0.850. The fourth-order valence-electron chi connectivity index (χ4n) is 0.314. The molecule has 0 unspecified atom stereocenters. The van der Waals surface area contributed by atoms with Crippen LogP contribution in [-0.2, 0) is 0 Å². The Morgan fingerprint density at radius 2 is 2.43 bits per heavy atom. The van der Waals surface area contributed by atoms with E-state index in [1.165, 1.54) is 6.33 Å². The van der Waals surface area contributed by atoms with Gasteiger partial charge in [0.15, 0.2) is 0 Å². The highest BCUT2D eigenvalue weighted by molar-refractivity contribution is 4.83. The van der Waals surface area contributed by atoms with E-state index >= 15 is 0 Å². The lowest BCUT2D eigenvalue weighted by Gasteiger charge is -1.80. The topological polar surface area (TPSA) is 38.7 Å². The number of hydrogen-bond donors (Lipinski definition) is 0. The Hall–Kier alpha value is -0.990. The van der Waals surface area contributed by atoms with Crippen molar-refractivity contribution >= 4 is 0 Å². The van der Waals surface area contributed by atoms with Crippen LogP contribution in [-0.4, -0.2) is 15.2 Å². The first kappa shape index (κ1) is 4.18. The van der Waals surface area contributed by atoms with Crippen LogP contribution in [0.2, 0.25) is 0 Å². The third-order valence-corrected chi connectivity index (χ3v) is 0.595. The molecule has 0 saturated carbocycles. The van der Waals surface area contributed by atoms with Crippen molar-refractivity contribution in [1.29, 1.82) is 0 Å². The quantitative estimate of drug-likeness (QED) is 0.461. The Labute approximate surface area is 41.4 Å². The molecule has 0 N–H and O–H groups in total. The zero-order chi connectivity index (χ0) is 5.11. The van der Waals surface area contributed by atoms with Crippen LogP contribution in [0.25, 0.3) is 0 Å². The summed E-state index contributed by atoms with van der Waals surface area (Å²) in [6.07, 6.45) is 3.07. The number of aromatic nitrogens is 3. The molecule has 3 nitrogen and oxygen atoms in total. The van der Waals surface area contributed by atoms with Crippen molar-refractivity contribution in [2.24, 2.45) is 0 Å². The molecule has 0 saturated heterocycles. The van der Waals surface area contributed by atoms with Gasteiger partial charge in [-0.15, -0.1) is 5.10 Å². The first-order valence-electron chi connectivity index (χ1n) is 1.99. The molecule has 0 atom stereocenters. The van der Waals surface area contributed by atoms with E-state index in [9.17, 15) is 0 Å². The fraction of sp³-hybridized carbons (Fsp3) is 0.250. The standard InChI is InChI=1S/C4H5N3/c1-4-2-5-3-6-7-4/h2-3H,1H3. The zero-order valence-electron chi connectivity index (χ0n) is 4.00. The maximum atomic E-state index is 3.71. The van der Waals surface area contributed by atoms with Gasteiger partial charge in [-0.25, -0.2) is 4.98 Å². The van der Waals surface area contributed by atoms with Crippen molar-refractivity contribution in [3.05, 3.63) is 18.2 Å². The van der Waals surface area contributed by atoms with Crippen LogP contribution in [0.3, 0.4) is 0 Å². The van der Waals surface area contributed by atoms with Crippen molar-refractivity contribution in [2.75, 3.05) is 0 Å². The van der Waals surface area contributed by atoms with E-state index < -0.39 is 0 Å². The second kappa shape index (κ2) is 1.64. The summed E-state index contributed by atoms with van der Waals surface area (Å²) in [5.41, 5.74) is 0.850. The molecule has 0 aromatic carbocycles. The van der Waals surface area contributed by atoms with Gasteiger partial charge in [0.1, 0.15) is 6.33 Å². The van der Waals surface area contributed by atoms with Crippen LogP contribution in [0, 0.1) is 6.92 Å². The van der Waals surface area contributed by atoms with E-state index in [1.54, 1.807) is 6.20 Å². The van der Waals surface area contributed by atoms with E-state index in [0.717, 1.165) is 5.69 Å². The number of aryl methyl sites for hydroxylation is 1. The normalized spacial score (nSPS) is 8.71. The summed E-state index contributed by atoms with van der Waals surface area (Å²) >= 11 is 0. The van der Waals surface area contributed by atoms with E-state index in [2.05, 4.69) is 15.2 Å². The predicted octanol–water partition coefficient (Wildman–Crippen LogP) is 0.180. The molecule has 1 aromatic heterocycles. The summed E-state index contributed by atoms with van der Waals surface area (Å²) in [6, 6.07) is 0. The molecule has 0 bridgehead atoms. The van der Waals surface area contributed by atoms with E-state index in [0.29, 0.717) is 0 Å². The molecule has 1 aromatic rings. The summed E-state index contributed by atoms with van der Waals surface area (Å²) in [6.45, 7) is 1.85. The maximum Gasteiger partial charge on any atom is 0.138 e. The van der Waals surface area contributed by atoms with Gasteiger partial charge in [-0.2, -0.15) is 5.10 Å². The van der Waals surface area contributed by atoms with Crippen molar-refractivity contribution in [2.45, 2.75) is 6.92 Å². The Morgan fingerprint density at radius 3 is 2.71 bits per heavy atom. The molecule has 7 heavy (non-hydrogen) atoms. The van der Waals surface area contributed by atoms with Gasteiger partial charge < -0.3 is 0 Å². The lowest BCUT2D eigenvalue weighted by atomic mass is 10.6. The molecule has 0 aliphatic carbocycles. The summed E-state index contributed by atoms with van der Waals surface area (Å²) in [7, 11) is 0. The van der Waals surface area contributed by atoms with Gasteiger partial charge in [0.2, 0.25) is 0 Å². The monoisotopic (exact) mass is 95.0 g/mol. The number of rotatable bonds is 0. The number of nitrogens with zero attached hydrogens (tertiary/aromatic N) is 3. The van der Waals surface area contributed by atoms with E-state index in [4.69, 9.17) is 0 Å². The molecule has 36 valence electrons. The van der Waals surface area contributed by atoms with Crippen LogP contribution >= 0.6 is 0 Å². The SMILES string of the molecule is Cc1cncnn1. The zero-order valence-corrected chi connectivity index (χ0v) is 4.00. The van der Waals surface area contributed by atoms with Gasteiger partial charge in [-0.3, -0.25) is 0 Å². The molecule has 1 heterocycles. The maximum absolute atomic E-state index is 3.71. The average Bonchev–Trinajstić information content (AvgIpc) is 1.69. The van der Waals surface area contributed by atoms with E-state index in [1.807, 2.05) is 6.92 Å². The van der Waals surface area contributed by atoms with Crippen LogP contribution < -0.4 is 0 Å². The molecule has 0 aliphatic rings. The number of hydrogen-bond acceptors (Lipinski definition) is 3. The molecule has 0 fully saturated rings. The molecule has 3 heteroatoms. The molecule has 0 aliphatic heterocycles. The lowest BCUT2D eigenvalue weighted by Crippen LogP contribution is -1.83. The molecule has 0 radical (unpaired) electrons. The highest BCUT2D eigenvalue weighted by Gasteiger charge is 1.76. The van der Waals surface area contributed by atoms with Crippen molar-refractivity contribution in [3.8, 4) is 0 Å². The van der Waals surface area contributed by atoms with Gasteiger partial charge in [-0.05, 0) is 6.92 Å². The minimum Gasteiger partial charge on any atom is -0.241 e. The largest absolute Gasteiger partial charge is 0.241 e. The van der Waals surface area contributed by atoms with Crippen LogP contribution in [0.15, 0.2) is 12.5 Å². The first-order chi connectivity index (χ1) is 3.39. The first-order valence-corrected chi connectivity index (χ1v) is 1.99. The summed E-state index contributed by atoms with van der Waals surface area (Å²) < 4.78 is 0. The Morgan fingerprint density at radius 1 is 1.57 bits per heavy atom. The summed E-state index contributed by atoms with van der Waals surface area (Å²) in [5, 5.41) is 7.19. The van der Waals surface area contributed by atoms with Gasteiger partial charge in [0.05, 0.1) is 11.9 Å². The van der Waals surface area contributed by atoms with Crippen molar-refractivity contribution < 1.29 is 0 Å². The summed E-state index contributed by atoms with van der Waals surface area (Å²) in [4.78, 5) is 3.71. The Bertz CT molecular complexity index is 137. The Kier molecular flexibility index (Phi) is 0.978. The van der Waals surface area contributed by atoms with Gasteiger partial charge in [-0.1, -0.05) is 0 Å². The van der Waals surface area contributed by atoms with Crippen LogP contribution in [0.1, 0.15) is 5.69 Å². The second-order valence-electron chi connectivity index (χ2n) is 1.25. The van der Waals surface area contributed by atoms with Gasteiger partial charge >= 0.3 is 0 Å². The Balaban J connectivity index is 3.02. The minimum atomic E-state index is 0.850. The molecular weight excluding hydrogens is 90.1 g/mol. The third-order valence-electron chi connectivity index (χ3n) is 0.595. The van der Waals surface area contributed by atoms with E-state index in [-0.39, 0.29) is 0 Å². The average molecular weight is 95.1 g/mol. The third kappa shape index (κ3) is 0.924. The second-order valence-corrected chi connectivity index (χ2v) is 1.25. The van der Waals surface area contributed by atoms with Crippen LogP contribution in [0.5, 0.6) is 0 Å². The summed E-state index contributed by atoms with van der Waals surface area (Å²) in [5.74, 6) is 0. The predicted molar refractivity (Wildman–Crippen MR) is 24.6 cm³/mol. The molecule has 1 rings (SSSR count). The lowest BCUT2D eigenvalue weighted by molar-refractivity contribution is 0.925. The van der Waals surface area contributed by atoms with Gasteiger partial charge in [0.25, 0.3) is 0 Å².